The zero-order chi connectivity index (χ0) is 16.4. The largest absolute Gasteiger partial charge is 0.369 e. The summed E-state index contributed by atoms with van der Waals surface area (Å²) in [7, 11) is 2.09. The fourth-order valence-electron chi connectivity index (χ4n) is 2.90. The number of aryl methyl sites for hydroxylation is 1. The number of aromatic nitrogens is 2. The summed E-state index contributed by atoms with van der Waals surface area (Å²) in [5.41, 5.74) is 2.79. The third-order valence-electron chi connectivity index (χ3n) is 4.30. The Kier molecular flexibility index (Phi) is 4.49. The Morgan fingerprint density at radius 2 is 2.17 bits per heavy atom. The second-order valence-corrected chi connectivity index (χ2v) is 6.65. The molecule has 6 heteroatoms. The zero-order valence-corrected chi connectivity index (χ0v) is 14.8. The van der Waals surface area contributed by atoms with Crippen LogP contribution in [0, 0.1) is 18.3 Å². The molecule has 118 valence electrons. The summed E-state index contributed by atoms with van der Waals surface area (Å²) >= 11 is 3.47. The van der Waals surface area contributed by atoms with Crippen LogP contribution in [0.25, 0.3) is 0 Å². The van der Waals surface area contributed by atoms with Gasteiger partial charge in [-0.1, -0.05) is 0 Å². The van der Waals surface area contributed by atoms with Gasteiger partial charge in [0.2, 0.25) is 0 Å². The van der Waals surface area contributed by atoms with Crippen molar-refractivity contribution in [1.29, 1.82) is 5.26 Å². The Morgan fingerprint density at radius 1 is 1.35 bits per heavy atom. The minimum atomic E-state index is 0.415. The van der Waals surface area contributed by atoms with Gasteiger partial charge >= 0.3 is 0 Å². The number of nitriles is 1. The van der Waals surface area contributed by atoms with Gasteiger partial charge in [-0.15, -0.1) is 0 Å². The molecule has 1 saturated heterocycles. The van der Waals surface area contributed by atoms with Crippen LogP contribution in [0.1, 0.15) is 17.7 Å². The molecule has 0 bridgehead atoms. The lowest BCUT2D eigenvalue weighted by molar-refractivity contribution is 0.683. The molecule has 1 aromatic carbocycles. The predicted octanol–water partition coefficient (Wildman–Crippen LogP) is 3.13. The average molecular weight is 372 g/mol. The highest BCUT2D eigenvalue weighted by atomic mass is 79.9. The number of hydrogen-bond donors (Lipinski definition) is 0. The minimum Gasteiger partial charge on any atom is -0.369 e. The molecule has 1 aliphatic rings. The smallest absolute Gasteiger partial charge is 0.132 e. The molecule has 1 atom stereocenters. The number of likely N-dealkylation sites (N-methyl/N-ethyl adjacent to an activating group) is 1. The molecule has 5 nitrogen and oxygen atoms in total. The van der Waals surface area contributed by atoms with Gasteiger partial charge in [0, 0.05) is 48.1 Å². The molecule has 0 radical (unpaired) electrons. The Labute approximate surface area is 144 Å². The van der Waals surface area contributed by atoms with Crippen LogP contribution < -0.4 is 9.80 Å². The van der Waals surface area contributed by atoms with Gasteiger partial charge in [0.25, 0.3) is 0 Å². The van der Waals surface area contributed by atoms with Gasteiger partial charge in [0.15, 0.2) is 0 Å². The molecule has 2 aromatic rings. The van der Waals surface area contributed by atoms with Gasteiger partial charge in [-0.25, -0.2) is 9.97 Å². The summed E-state index contributed by atoms with van der Waals surface area (Å²) < 4.78 is 0.848. The quantitative estimate of drug-likeness (QED) is 0.829. The van der Waals surface area contributed by atoms with Crippen LogP contribution in [-0.2, 0) is 0 Å². The van der Waals surface area contributed by atoms with Crippen LogP contribution >= 0.6 is 15.9 Å². The van der Waals surface area contributed by atoms with Crippen LogP contribution in [0.5, 0.6) is 0 Å². The maximum absolute atomic E-state index is 9.03. The SMILES string of the molecule is Cc1cc(N(C)C2CCN(c3ccc(C#N)c(Br)c3)C2)ncn1. The average Bonchev–Trinajstić information content (AvgIpc) is 3.04. The fourth-order valence-corrected chi connectivity index (χ4v) is 3.36. The van der Waals surface area contributed by atoms with Crippen molar-refractivity contribution in [1.82, 2.24) is 9.97 Å². The number of benzene rings is 1. The number of nitrogens with zero attached hydrogens (tertiary/aromatic N) is 5. The first-order chi connectivity index (χ1) is 11.1. The van der Waals surface area contributed by atoms with Gasteiger partial charge in [-0.2, -0.15) is 5.26 Å². The highest BCUT2D eigenvalue weighted by Crippen LogP contribution is 2.28. The summed E-state index contributed by atoms with van der Waals surface area (Å²) in [6.45, 7) is 3.92. The first-order valence-corrected chi connectivity index (χ1v) is 8.34. The van der Waals surface area contributed by atoms with E-state index in [-0.39, 0.29) is 0 Å². The zero-order valence-electron chi connectivity index (χ0n) is 13.2. The van der Waals surface area contributed by atoms with E-state index < -0.39 is 0 Å². The number of halogens is 1. The van der Waals surface area contributed by atoms with Gasteiger partial charge in [0.05, 0.1) is 5.56 Å². The van der Waals surface area contributed by atoms with Gasteiger partial charge in [-0.3, -0.25) is 0 Å². The van der Waals surface area contributed by atoms with Crippen LogP contribution in [0.4, 0.5) is 11.5 Å². The van der Waals surface area contributed by atoms with Crippen molar-refractivity contribution in [2.45, 2.75) is 19.4 Å². The molecular weight excluding hydrogens is 354 g/mol. The fraction of sp³-hybridized carbons (Fsp3) is 0.353. The Balaban J connectivity index is 1.73. The molecule has 0 amide bonds. The molecule has 1 aliphatic heterocycles. The molecule has 0 saturated carbocycles. The van der Waals surface area contributed by atoms with E-state index in [9.17, 15) is 0 Å². The van der Waals surface area contributed by atoms with E-state index in [1.165, 1.54) is 0 Å². The van der Waals surface area contributed by atoms with Crippen LogP contribution in [-0.4, -0.2) is 36.1 Å². The lowest BCUT2D eigenvalue weighted by Gasteiger charge is -2.26. The van der Waals surface area contributed by atoms with Gasteiger partial charge < -0.3 is 9.80 Å². The predicted molar refractivity (Wildman–Crippen MR) is 94.6 cm³/mol. The standard InChI is InChI=1S/C17H18BrN5/c1-12-7-17(21-11-20-12)22(2)15-5-6-23(10-15)14-4-3-13(9-19)16(18)8-14/h3-4,7-8,11,15H,5-6,10H2,1-2H3. The number of rotatable bonds is 3. The minimum absolute atomic E-state index is 0.415. The van der Waals surface area contributed by atoms with Gasteiger partial charge in [0.1, 0.15) is 18.2 Å². The molecule has 0 spiro atoms. The Bertz CT molecular complexity index is 755. The van der Waals surface area contributed by atoms with E-state index in [1.807, 2.05) is 31.2 Å². The number of anilines is 2. The lowest BCUT2D eigenvalue weighted by Crippen LogP contribution is -2.35. The van der Waals surface area contributed by atoms with E-state index >= 15 is 0 Å². The normalized spacial score (nSPS) is 17.1. The molecule has 3 rings (SSSR count). The second kappa shape index (κ2) is 6.55. The molecule has 1 fully saturated rings. The molecule has 0 N–H and O–H groups in total. The topological polar surface area (TPSA) is 56.0 Å². The summed E-state index contributed by atoms with van der Waals surface area (Å²) in [5, 5.41) is 9.03. The third kappa shape index (κ3) is 3.30. The molecule has 1 aromatic heterocycles. The van der Waals surface area contributed by atoms with E-state index in [0.29, 0.717) is 11.6 Å². The van der Waals surface area contributed by atoms with E-state index in [0.717, 1.165) is 41.2 Å². The van der Waals surface area contributed by atoms with E-state index in [2.05, 4.69) is 48.8 Å². The third-order valence-corrected chi connectivity index (χ3v) is 4.96. The molecule has 2 heterocycles. The molecular formula is C17H18BrN5. The molecule has 0 aliphatic carbocycles. The highest BCUT2D eigenvalue weighted by molar-refractivity contribution is 9.10. The van der Waals surface area contributed by atoms with E-state index in [4.69, 9.17) is 5.26 Å². The van der Waals surface area contributed by atoms with Crippen LogP contribution in [0.15, 0.2) is 35.1 Å². The summed E-state index contributed by atoms with van der Waals surface area (Å²) in [6, 6.07) is 10.5. The van der Waals surface area contributed by atoms with Crippen molar-refractivity contribution < 1.29 is 0 Å². The monoisotopic (exact) mass is 371 g/mol. The van der Waals surface area contributed by atoms with Crippen LogP contribution in [0.2, 0.25) is 0 Å². The summed E-state index contributed by atoms with van der Waals surface area (Å²) in [5.74, 6) is 0.963. The van der Waals surface area contributed by atoms with Crippen molar-refractivity contribution in [3.8, 4) is 6.07 Å². The van der Waals surface area contributed by atoms with Crippen molar-refractivity contribution >= 4 is 27.4 Å². The first-order valence-electron chi connectivity index (χ1n) is 7.54. The lowest BCUT2D eigenvalue weighted by atomic mass is 10.2. The van der Waals surface area contributed by atoms with Crippen molar-refractivity contribution in [3.05, 3.63) is 46.3 Å². The first kappa shape index (κ1) is 15.8. The summed E-state index contributed by atoms with van der Waals surface area (Å²) in [4.78, 5) is 13.1. The number of hydrogen-bond acceptors (Lipinski definition) is 5. The molecule has 23 heavy (non-hydrogen) atoms. The van der Waals surface area contributed by atoms with Crippen molar-refractivity contribution in [2.24, 2.45) is 0 Å². The Morgan fingerprint density at radius 3 is 2.87 bits per heavy atom. The van der Waals surface area contributed by atoms with Gasteiger partial charge in [-0.05, 0) is 47.5 Å². The van der Waals surface area contributed by atoms with Crippen LogP contribution in [0.3, 0.4) is 0 Å². The maximum Gasteiger partial charge on any atom is 0.132 e. The molecule has 1 unspecified atom stereocenters. The van der Waals surface area contributed by atoms with Crippen molar-refractivity contribution in [3.63, 3.8) is 0 Å². The second-order valence-electron chi connectivity index (χ2n) is 5.79. The van der Waals surface area contributed by atoms with Crippen molar-refractivity contribution in [2.75, 3.05) is 29.9 Å². The Hall–Kier alpha value is -2.13. The maximum atomic E-state index is 9.03. The van der Waals surface area contributed by atoms with E-state index in [1.54, 1.807) is 6.33 Å². The summed E-state index contributed by atoms with van der Waals surface area (Å²) in [6.07, 6.45) is 2.70. The highest BCUT2D eigenvalue weighted by Gasteiger charge is 2.27.